The highest BCUT2D eigenvalue weighted by Crippen LogP contribution is 2.24. The number of benzene rings is 1. The summed E-state index contributed by atoms with van der Waals surface area (Å²) in [6.45, 7) is 4.91. The molecule has 1 aromatic carbocycles. The molecule has 1 N–H and O–H groups in total. The van der Waals surface area contributed by atoms with Crippen molar-refractivity contribution in [3.05, 3.63) is 33.9 Å². The summed E-state index contributed by atoms with van der Waals surface area (Å²) >= 11 is 0. The molecule has 20 heavy (non-hydrogen) atoms. The monoisotopic (exact) mass is 299 g/mol. The molecule has 1 aliphatic rings. The molecule has 0 spiro atoms. The number of piperazine rings is 1. The first-order valence-corrected chi connectivity index (χ1v) is 7.75. The Kier molecular flexibility index (Phi) is 4.07. The molecule has 0 aromatic heterocycles. The van der Waals surface area contributed by atoms with Crippen LogP contribution >= 0.6 is 0 Å². The fourth-order valence-corrected chi connectivity index (χ4v) is 4.03. The Morgan fingerprint density at radius 1 is 1.45 bits per heavy atom. The van der Waals surface area contributed by atoms with Crippen LogP contribution < -0.4 is 5.32 Å². The van der Waals surface area contributed by atoms with Gasteiger partial charge in [0, 0.05) is 37.8 Å². The van der Waals surface area contributed by atoms with E-state index in [1.54, 1.807) is 6.92 Å². The number of aryl methyl sites for hydroxylation is 1. The molecule has 0 aliphatic carbocycles. The van der Waals surface area contributed by atoms with Crippen LogP contribution in [0, 0.1) is 17.0 Å². The first-order valence-electron chi connectivity index (χ1n) is 6.31. The lowest BCUT2D eigenvalue weighted by atomic mass is 10.2. The quantitative estimate of drug-likeness (QED) is 0.661. The van der Waals surface area contributed by atoms with Gasteiger partial charge >= 0.3 is 0 Å². The minimum Gasteiger partial charge on any atom is -0.312 e. The highest BCUT2D eigenvalue weighted by Gasteiger charge is 2.30. The van der Waals surface area contributed by atoms with Gasteiger partial charge in [-0.05, 0) is 25.5 Å². The Balaban J connectivity index is 2.36. The van der Waals surface area contributed by atoms with Crippen LogP contribution in [0.2, 0.25) is 0 Å². The van der Waals surface area contributed by atoms with E-state index in [0.717, 1.165) is 0 Å². The fourth-order valence-electron chi connectivity index (χ4n) is 2.29. The van der Waals surface area contributed by atoms with Gasteiger partial charge in [0.1, 0.15) is 0 Å². The average molecular weight is 299 g/mol. The van der Waals surface area contributed by atoms with Gasteiger partial charge in [-0.2, -0.15) is 4.31 Å². The second-order valence-corrected chi connectivity index (χ2v) is 6.83. The first-order chi connectivity index (χ1) is 9.32. The number of nitro groups is 1. The summed E-state index contributed by atoms with van der Waals surface area (Å²) in [5.41, 5.74) is 0.292. The van der Waals surface area contributed by atoms with Gasteiger partial charge in [0.15, 0.2) is 0 Å². The number of nitro benzene ring substituents is 1. The largest absolute Gasteiger partial charge is 0.312 e. The number of sulfonamides is 1. The lowest BCUT2D eigenvalue weighted by molar-refractivity contribution is -0.385. The van der Waals surface area contributed by atoms with Crippen LogP contribution in [-0.2, 0) is 10.0 Å². The van der Waals surface area contributed by atoms with Crippen molar-refractivity contribution in [2.45, 2.75) is 24.8 Å². The van der Waals surface area contributed by atoms with E-state index in [4.69, 9.17) is 0 Å². The molecule has 0 unspecified atom stereocenters. The minimum absolute atomic E-state index is 0.0943. The number of nitrogens with one attached hydrogen (secondary N) is 1. The average Bonchev–Trinajstić information content (AvgIpc) is 2.38. The van der Waals surface area contributed by atoms with Gasteiger partial charge in [-0.15, -0.1) is 0 Å². The number of non-ortho nitro benzene ring substituents is 1. The lowest BCUT2D eigenvalue weighted by Gasteiger charge is -2.31. The Bertz CT molecular complexity index is 630. The van der Waals surface area contributed by atoms with Crippen LogP contribution in [0.3, 0.4) is 0 Å². The maximum Gasteiger partial charge on any atom is 0.269 e. The summed E-state index contributed by atoms with van der Waals surface area (Å²) in [5.74, 6) is 0. The topological polar surface area (TPSA) is 92.5 Å². The Labute approximate surface area is 117 Å². The normalized spacial score (nSPS) is 20.8. The molecule has 0 saturated carbocycles. The van der Waals surface area contributed by atoms with Crippen LogP contribution in [-0.4, -0.2) is 43.3 Å². The van der Waals surface area contributed by atoms with Crippen molar-refractivity contribution in [1.29, 1.82) is 0 Å². The third-order valence-corrected chi connectivity index (χ3v) is 5.34. The third-order valence-electron chi connectivity index (χ3n) is 3.32. The van der Waals surface area contributed by atoms with E-state index in [0.29, 0.717) is 25.2 Å². The van der Waals surface area contributed by atoms with Gasteiger partial charge < -0.3 is 5.32 Å². The maximum absolute atomic E-state index is 12.6. The molecule has 0 bridgehead atoms. The molecule has 1 aliphatic heterocycles. The van der Waals surface area contributed by atoms with Gasteiger partial charge in [0.05, 0.1) is 9.82 Å². The molecular weight excluding hydrogens is 282 g/mol. The highest BCUT2D eigenvalue weighted by atomic mass is 32.2. The number of hydrogen-bond donors (Lipinski definition) is 1. The van der Waals surface area contributed by atoms with Crippen LogP contribution in [0.1, 0.15) is 12.5 Å². The molecule has 1 fully saturated rings. The maximum atomic E-state index is 12.6. The molecule has 1 atom stereocenters. The highest BCUT2D eigenvalue weighted by molar-refractivity contribution is 7.89. The molecule has 1 aromatic rings. The van der Waals surface area contributed by atoms with Crippen LogP contribution in [0.25, 0.3) is 0 Å². The van der Waals surface area contributed by atoms with Crippen LogP contribution in [0.15, 0.2) is 23.1 Å². The third kappa shape index (κ3) is 2.82. The predicted octanol–water partition coefficient (Wildman–Crippen LogP) is 0.886. The van der Waals surface area contributed by atoms with E-state index in [1.165, 1.54) is 22.5 Å². The zero-order valence-corrected chi connectivity index (χ0v) is 12.2. The molecular formula is C12H17N3O4S. The van der Waals surface area contributed by atoms with Crippen molar-refractivity contribution in [3.63, 3.8) is 0 Å². The van der Waals surface area contributed by atoms with Gasteiger partial charge in [-0.3, -0.25) is 10.1 Å². The van der Waals surface area contributed by atoms with Crippen molar-refractivity contribution < 1.29 is 13.3 Å². The molecule has 1 saturated heterocycles. The zero-order valence-electron chi connectivity index (χ0n) is 11.4. The second-order valence-electron chi connectivity index (χ2n) is 4.93. The van der Waals surface area contributed by atoms with Gasteiger partial charge in [-0.25, -0.2) is 8.42 Å². The summed E-state index contributed by atoms with van der Waals surface area (Å²) in [4.78, 5) is 10.3. The number of nitrogens with zero attached hydrogens (tertiary/aromatic N) is 2. The summed E-state index contributed by atoms with van der Waals surface area (Å²) in [6, 6.07) is 3.93. The van der Waals surface area contributed by atoms with Crippen molar-refractivity contribution >= 4 is 15.7 Å². The molecule has 1 heterocycles. The fraction of sp³-hybridized carbons (Fsp3) is 0.500. The van der Waals surface area contributed by atoms with E-state index in [-0.39, 0.29) is 16.6 Å². The van der Waals surface area contributed by atoms with E-state index in [9.17, 15) is 18.5 Å². The van der Waals surface area contributed by atoms with Gasteiger partial charge in [0.2, 0.25) is 10.0 Å². The predicted molar refractivity (Wildman–Crippen MR) is 74.1 cm³/mol. The van der Waals surface area contributed by atoms with E-state index in [1.807, 2.05) is 6.92 Å². The van der Waals surface area contributed by atoms with Crippen LogP contribution in [0.4, 0.5) is 5.69 Å². The second kappa shape index (κ2) is 5.47. The van der Waals surface area contributed by atoms with E-state index in [2.05, 4.69) is 5.32 Å². The molecule has 2 rings (SSSR count). The standard InChI is InChI=1S/C12H17N3O4S/c1-9-7-11(15(16)17)3-4-12(9)20(18,19)14-6-5-13-10(2)8-14/h3-4,7,10,13H,5-6,8H2,1-2H3/t10-/m1/s1. The number of hydrogen-bond acceptors (Lipinski definition) is 5. The summed E-state index contributed by atoms with van der Waals surface area (Å²) < 4.78 is 26.5. The lowest BCUT2D eigenvalue weighted by Crippen LogP contribution is -2.51. The Hall–Kier alpha value is -1.51. The Morgan fingerprint density at radius 2 is 2.15 bits per heavy atom. The van der Waals surface area contributed by atoms with Crippen molar-refractivity contribution in [3.8, 4) is 0 Å². The molecule has 110 valence electrons. The smallest absolute Gasteiger partial charge is 0.269 e. The molecule has 7 nitrogen and oxygen atoms in total. The SMILES string of the molecule is Cc1cc([N+](=O)[O-])ccc1S(=O)(=O)N1CCN[C@H](C)C1. The summed E-state index contributed by atoms with van der Waals surface area (Å²) in [6.07, 6.45) is 0. The summed E-state index contributed by atoms with van der Waals surface area (Å²) in [5, 5.41) is 13.9. The minimum atomic E-state index is -3.60. The van der Waals surface area contributed by atoms with E-state index >= 15 is 0 Å². The van der Waals surface area contributed by atoms with Gasteiger partial charge in [-0.1, -0.05) is 0 Å². The molecule has 0 radical (unpaired) electrons. The van der Waals surface area contributed by atoms with E-state index < -0.39 is 14.9 Å². The molecule has 0 amide bonds. The molecule has 8 heteroatoms. The number of rotatable bonds is 3. The first kappa shape index (κ1) is 14.9. The van der Waals surface area contributed by atoms with Crippen molar-refractivity contribution in [2.75, 3.05) is 19.6 Å². The van der Waals surface area contributed by atoms with Crippen molar-refractivity contribution in [1.82, 2.24) is 9.62 Å². The van der Waals surface area contributed by atoms with Crippen molar-refractivity contribution in [2.24, 2.45) is 0 Å². The van der Waals surface area contributed by atoms with Crippen LogP contribution in [0.5, 0.6) is 0 Å². The zero-order chi connectivity index (χ0) is 14.9. The summed E-state index contributed by atoms with van der Waals surface area (Å²) in [7, 11) is -3.60. The Morgan fingerprint density at radius 3 is 2.70 bits per heavy atom. The van der Waals surface area contributed by atoms with Gasteiger partial charge in [0.25, 0.3) is 5.69 Å².